The van der Waals surface area contributed by atoms with E-state index >= 15 is 0 Å². The molecule has 0 N–H and O–H groups in total. The summed E-state index contributed by atoms with van der Waals surface area (Å²) in [6.07, 6.45) is 0. The fraction of sp³-hybridized carbons (Fsp3) is 0.143. The van der Waals surface area contributed by atoms with Crippen molar-refractivity contribution < 1.29 is 9.31 Å². The standard InChI is InChI=1S/C7H5ClFNO2/c8-4-5-1-2-6(9)7(3-5)10(11)12/h1-3H,4H2. The average molecular weight is 190 g/mol. The van der Waals surface area contributed by atoms with Crippen LogP contribution in [0.15, 0.2) is 18.2 Å². The van der Waals surface area contributed by atoms with E-state index in [1.807, 2.05) is 0 Å². The number of hydrogen-bond donors (Lipinski definition) is 0. The highest BCUT2D eigenvalue weighted by molar-refractivity contribution is 6.17. The lowest BCUT2D eigenvalue weighted by Crippen LogP contribution is -1.93. The van der Waals surface area contributed by atoms with Gasteiger partial charge in [-0.1, -0.05) is 6.07 Å². The Hall–Kier alpha value is -1.16. The maximum absolute atomic E-state index is 12.7. The van der Waals surface area contributed by atoms with E-state index in [1.54, 1.807) is 0 Å². The molecule has 0 atom stereocenters. The summed E-state index contributed by atoms with van der Waals surface area (Å²) in [7, 11) is 0. The van der Waals surface area contributed by atoms with Crippen molar-refractivity contribution in [2.24, 2.45) is 0 Å². The Morgan fingerprint density at radius 1 is 1.58 bits per heavy atom. The molecule has 0 aromatic heterocycles. The fourth-order valence-electron chi connectivity index (χ4n) is 0.781. The topological polar surface area (TPSA) is 43.1 Å². The van der Waals surface area contributed by atoms with Gasteiger partial charge >= 0.3 is 5.69 Å². The second-order valence-electron chi connectivity index (χ2n) is 2.18. The number of halogens is 2. The van der Waals surface area contributed by atoms with Crippen molar-refractivity contribution in [1.82, 2.24) is 0 Å². The van der Waals surface area contributed by atoms with E-state index in [2.05, 4.69) is 0 Å². The van der Waals surface area contributed by atoms with E-state index in [0.717, 1.165) is 12.1 Å². The van der Waals surface area contributed by atoms with Crippen LogP contribution in [0.4, 0.5) is 10.1 Å². The summed E-state index contributed by atoms with van der Waals surface area (Å²) in [4.78, 5) is 9.44. The molecule has 12 heavy (non-hydrogen) atoms. The maximum Gasteiger partial charge on any atom is 0.305 e. The lowest BCUT2D eigenvalue weighted by atomic mass is 10.2. The van der Waals surface area contributed by atoms with Gasteiger partial charge in [0, 0.05) is 11.9 Å². The molecule has 0 fully saturated rings. The lowest BCUT2D eigenvalue weighted by Gasteiger charge is -1.95. The Morgan fingerprint density at radius 3 is 2.75 bits per heavy atom. The third kappa shape index (κ3) is 1.71. The van der Waals surface area contributed by atoms with Crippen molar-refractivity contribution in [3.05, 3.63) is 39.7 Å². The van der Waals surface area contributed by atoms with Crippen molar-refractivity contribution in [3.63, 3.8) is 0 Å². The number of rotatable bonds is 2. The summed E-state index contributed by atoms with van der Waals surface area (Å²) < 4.78 is 12.7. The van der Waals surface area contributed by atoms with Gasteiger partial charge in [0.2, 0.25) is 5.82 Å². The molecule has 3 nitrogen and oxygen atoms in total. The van der Waals surface area contributed by atoms with Crippen LogP contribution in [0.3, 0.4) is 0 Å². The fourth-order valence-corrected chi connectivity index (χ4v) is 0.948. The van der Waals surface area contributed by atoms with Crippen molar-refractivity contribution in [2.75, 3.05) is 0 Å². The Balaban J connectivity index is 3.17. The van der Waals surface area contributed by atoms with E-state index < -0.39 is 16.4 Å². The van der Waals surface area contributed by atoms with E-state index in [-0.39, 0.29) is 5.88 Å². The van der Waals surface area contributed by atoms with Gasteiger partial charge in [-0.15, -0.1) is 11.6 Å². The number of nitro benzene ring substituents is 1. The van der Waals surface area contributed by atoms with E-state index in [1.165, 1.54) is 6.07 Å². The van der Waals surface area contributed by atoms with Gasteiger partial charge in [0.25, 0.3) is 0 Å². The maximum atomic E-state index is 12.7. The largest absolute Gasteiger partial charge is 0.305 e. The second-order valence-corrected chi connectivity index (χ2v) is 2.44. The zero-order valence-electron chi connectivity index (χ0n) is 5.96. The Bertz CT molecular complexity index is 316. The van der Waals surface area contributed by atoms with Crippen LogP contribution in [0.25, 0.3) is 0 Å². The molecular formula is C7H5ClFNO2. The minimum atomic E-state index is -0.839. The molecule has 0 heterocycles. The van der Waals surface area contributed by atoms with Crippen LogP contribution in [-0.4, -0.2) is 4.92 Å². The SMILES string of the molecule is O=[N+]([O-])c1cc(CCl)ccc1F. The molecule has 1 aromatic carbocycles. The monoisotopic (exact) mass is 189 g/mol. The summed E-state index contributed by atoms with van der Waals surface area (Å²) in [5, 5.41) is 10.2. The number of alkyl halides is 1. The van der Waals surface area contributed by atoms with Gasteiger partial charge in [0.05, 0.1) is 4.92 Å². The van der Waals surface area contributed by atoms with Crippen molar-refractivity contribution in [3.8, 4) is 0 Å². The van der Waals surface area contributed by atoms with E-state index in [0.29, 0.717) is 5.56 Å². The highest BCUT2D eigenvalue weighted by atomic mass is 35.5. The summed E-state index contributed by atoms with van der Waals surface area (Å²) in [5.41, 5.74) is -0.00193. The highest BCUT2D eigenvalue weighted by Gasteiger charge is 2.13. The summed E-state index contributed by atoms with van der Waals surface area (Å²) in [6.45, 7) is 0. The van der Waals surface area contributed by atoms with Gasteiger partial charge in [-0.2, -0.15) is 4.39 Å². The highest BCUT2D eigenvalue weighted by Crippen LogP contribution is 2.19. The molecule has 0 aliphatic rings. The van der Waals surface area contributed by atoms with Crippen molar-refractivity contribution >= 4 is 17.3 Å². The molecule has 1 rings (SSSR count). The molecule has 0 spiro atoms. The summed E-state index contributed by atoms with van der Waals surface area (Å²) in [5.74, 6) is -0.699. The minimum Gasteiger partial charge on any atom is -0.258 e. The second kappa shape index (κ2) is 3.49. The van der Waals surface area contributed by atoms with Gasteiger partial charge in [-0.3, -0.25) is 10.1 Å². The van der Waals surface area contributed by atoms with E-state index in [4.69, 9.17) is 11.6 Å². The Kier molecular flexibility index (Phi) is 2.60. The van der Waals surface area contributed by atoms with Gasteiger partial charge in [-0.05, 0) is 11.6 Å². The van der Waals surface area contributed by atoms with Crippen molar-refractivity contribution in [1.29, 1.82) is 0 Å². The van der Waals surface area contributed by atoms with Crippen LogP contribution in [0.2, 0.25) is 0 Å². The van der Waals surface area contributed by atoms with Crippen LogP contribution in [0, 0.1) is 15.9 Å². The average Bonchev–Trinajstić information content (AvgIpc) is 2.05. The molecule has 0 aliphatic heterocycles. The van der Waals surface area contributed by atoms with Gasteiger partial charge in [0.15, 0.2) is 0 Å². The first kappa shape index (κ1) is 8.93. The zero-order valence-corrected chi connectivity index (χ0v) is 6.71. The van der Waals surface area contributed by atoms with E-state index in [9.17, 15) is 14.5 Å². The normalized spacial score (nSPS) is 9.83. The summed E-state index contributed by atoms with van der Waals surface area (Å²) in [6, 6.07) is 3.58. The molecule has 1 aromatic rings. The molecule has 5 heteroatoms. The third-order valence-electron chi connectivity index (χ3n) is 1.36. The molecule has 0 saturated carbocycles. The first-order valence-electron chi connectivity index (χ1n) is 3.14. The van der Waals surface area contributed by atoms with Crippen LogP contribution >= 0.6 is 11.6 Å². The van der Waals surface area contributed by atoms with Gasteiger partial charge < -0.3 is 0 Å². The molecule has 0 unspecified atom stereocenters. The van der Waals surface area contributed by atoms with Gasteiger partial charge in [0.1, 0.15) is 0 Å². The number of nitro groups is 1. The minimum absolute atomic E-state index is 0.140. The smallest absolute Gasteiger partial charge is 0.258 e. The number of hydrogen-bond acceptors (Lipinski definition) is 2. The third-order valence-corrected chi connectivity index (χ3v) is 1.67. The Labute approximate surface area is 72.9 Å². The van der Waals surface area contributed by atoms with Crippen LogP contribution in [0.1, 0.15) is 5.56 Å². The quantitative estimate of drug-likeness (QED) is 0.408. The van der Waals surface area contributed by atoms with Crippen molar-refractivity contribution in [2.45, 2.75) is 5.88 Å². The molecule has 64 valence electrons. The van der Waals surface area contributed by atoms with Gasteiger partial charge in [-0.25, -0.2) is 0 Å². The number of benzene rings is 1. The van der Waals surface area contributed by atoms with Crippen LogP contribution in [0.5, 0.6) is 0 Å². The molecular weight excluding hydrogens is 185 g/mol. The predicted molar refractivity (Wildman–Crippen MR) is 42.6 cm³/mol. The van der Waals surface area contributed by atoms with Crippen LogP contribution < -0.4 is 0 Å². The summed E-state index contributed by atoms with van der Waals surface area (Å²) >= 11 is 5.41. The molecule has 0 aliphatic carbocycles. The van der Waals surface area contributed by atoms with Crippen LogP contribution in [-0.2, 0) is 5.88 Å². The Morgan fingerprint density at radius 2 is 2.25 bits per heavy atom. The zero-order chi connectivity index (χ0) is 9.14. The molecule has 0 saturated heterocycles. The molecule has 0 radical (unpaired) electrons. The molecule has 0 bridgehead atoms. The number of nitrogens with zero attached hydrogens (tertiary/aromatic N) is 1. The first-order chi connectivity index (χ1) is 5.65. The molecule has 0 amide bonds. The predicted octanol–water partition coefficient (Wildman–Crippen LogP) is 2.47. The lowest BCUT2D eigenvalue weighted by molar-refractivity contribution is -0.387. The first-order valence-corrected chi connectivity index (χ1v) is 3.67.